The molecule has 0 saturated carbocycles. The molecule has 1 aromatic rings. The van der Waals surface area contributed by atoms with Crippen molar-refractivity contribution in [3.63, 3.8) is 0 Å². The van der Waals surface area contributed by atoms with Gasteiger partial charge in [0, 0.05) is 0 Å². The fraction of sp³-hybridized carbons (Fsp3) is 0.625. The summed E-state index contributed by atoms with van der Waals surface area (Å²) < 4.78 is 16.2. The molecule has 0 aliphatic heterocycles. The van der Waals surface area contributed by atoms with Gasteiger partial charge >= 0.3 is 0 Å². The average Bonchev–Trinajstić information content (AvgIpc) is 2.46. The van der Waals surface area contributed by atoms with E-state index in [-0.39, 0.29) is 6.79 Å². The van der Waals surface area contributed by atoms with Crippen molar-refractivity contribution in [1.82, 2.24) is 0 Å². The predicted octanol–water partition coefficient (Wildman–Crippen LogP) is 4.41. The highest BCUT2D eigenvalue weighted by molar-refractivity contribution is 5.39. The quantitative estimate of drug-likeness (QED) is 0.438. The molecule has 1 rings (SSSR count). The third-order valence-electron chi connectivity index (χ3n) is 3.01. The second-order valence-electron chi connectivity index (χ2n) is 4.59. The molecule has 0 saturated heterocycles. The largest absolute Gasteiger partial charge is 0.493 e. The molecule has 3 heteroatoms. The molecule has 108 valence electrons. The van der Waals surface area contributed by atoms with Crippen molar-refractivity contribution < 1.29 is 14.2 Å². The molecule has 0 unspecified atom stereocenters. The summed E-state index contributed by atoms with van der Waals surface area (Å²) in [6, 6.07) is 7.60. The summed E-state index contributed by atoms with van der Waals surface area (Å²) in [6.45, 7) is 3.29. The van der Waals surface area contributed by atoms with E-state index in [0.29, 0.717) is 0 Å². The van der Waals surface area contributed by atoms with Crippen molar-refractivity contribution in [3.8, 4) is 11.5 Å². The molecule has 1 aromatic carbocycles. The minimum Gasteiger partial charge on any atom is -0.493 e. The first-order chi connectivity index (χ1) is 9.38. The molecule has 0 aromatic heterocycles. The second kappa shape index (κ2) is 10.7. The lowest BCUT2D eigenvalue weighted by Gasteiger charge is -2.10. The van der Waals surface area contributed by atoms with E-state index >= 15 is 0 Å². The normalized spacial score (nSPS) is 10.4. The number of ether oxygens (including phenoxy) is 3. The third-order valence-corrected chi connectivity index (χ3v) is 3.01. The summed E-state index contributed by atoms with van der Waals surface area (Å²) in [6.07, 6.45) is 7.65. The minimum absolute atomic E-state index is 0.287. The zero-order valence-electron chi connectivity index (χ0n) is 12.2. The number of rotatable bonds is 11. The van der Waals surface area contributed by atoms with Crippen molar-refractivity contribution in [2.24, 2.45) is 0 Å². The Kier molecular flexibility index (Phi) is 8.90. The number of hydrogen-bond acceptors (Lipinski definition) is 3. The van der Waals surface area contributed by atoms with Crippen molar-refractivity contribution >= 4 is 0 Å². The van der Waals surface area contributed by atoms with Crippen molar-refractivity contribution in [2.45, 2.75) is 45.4 Å². The summed E-state index contributed by atoms with van der Waals surface area (Å²) in [5.41, 5.74) is 0. The lowest BCUT2D eigenvalue weighted by atomic mass is 10.1. The molecule has 0 aliphatic carbocycles. The summed E-state index contributed by atoms with van der Waals surface area (Å²) in [4.78, 5) is 0. The number of para-hydroxylation sites is 2. The summed E-state index contributed by atoms with van der Waals surface area (Å²) >= 11 is 0. The van der Waals surface area contributed by atoms with Crippen LogP contribution in [0, 0.1) is 0 Å². The van der Waals surface area contributed by atoms with Crippen LogP contribution < -0.4 is 9.47 Å². The Hall–Kier alpha value is -1.22. The molecule has 0 spiro atoms. The van der Waals surface area contributed by atoms with Gasteiger partial charge in [0.2, 0.25) is 0 Å². The van der Waals surface area contributed by atoms with Crippen molar-refractivity contribution in [3.05, 3.63) is 24.3 Å². The van der Waals surface area contributed by atoms with Gasteiger partial charge in [-0.1, -0.05) is 51.2 Å². The smallest absolute Gasteiger partial charge is 0.189 e. The first-order valence-electron chi connectivity index (χ1n) is 7.22. The van der Waals surface area contributed by atoms with Gasteiger partial charge in [-0.05, 0) is 18.6 Å². The van der Waals surface area contributed by atoms with Crippen LogP contribution in [0.2, 0.25) is 0 Å². The zero-order valence-corrected chi connectivity index (χ0v) is 12.2. The van der Waals surface area contributed by atoms with Gasteiger partial charge in [0.05, 0.1) is 13.7 Å². The van der Waals surface area contributed by atoms with E-state index in [2.05, 4.69) is 6.92 Å². The molecule has 0 fully saturated rings. The maximum absolute atomic E-state index is 5.53. The summed E-state index contributed by atoms with van der Waals surface area (Å²) in [5.74, 6) is 1.47. The van der Waals surface area contributed by atoms with Gasteiger partial charge in [-0.3, -0.25) is 0 Å². The van der Waals surface area contributed by atoms with Crippen LogP contribution in [0.15, 0.2) is 24.3 Å². The monoisotopic (exact) mass is 266 g/mol. The van der Waals surface area contributed by atoms with Crippen LogP contribution in [0.4, 0.5) is 0 Å². The van der Waals surface area contributed by atoms with E-state index in [1.807, 2.05) is 24.3 Å². The minimum atomic E-state index is 0.287. The fourth-order valence-electron chi connectivity index (χ4n) is 1.89. The molecule has 0 N–H and O–H groups in total. The number of hydrogen-bond donors (Lipinski definition) is 0. The topological polar surface area (TPSA) is 27.7 Å². The van der Waals surface area contributed by atoms with E-state index in [9.17, 15) is 0 Å². The molecule has 0 aliphatic rings. The summed E-state index contributed by atoms with van der Waals surface area (Å²) in [5, 5.41) is 0. The molecule has 0 radical (unpaired) electrons. The van der Waals surface area contributed by atoms with Crippen LogP contribution in [-0.2, 0) is 4.74 Å². The first kappa shape index (κ1) is 15.8. The number of methoxy groups -OCH3 is 1. The Bertz CT molecular complexity index is 326. The summed E-state index contributed by atoms with van der Waals surface area (Å²) in [7, 11) is 1.64. The highest BCUT2D eigenvalue weighted by Gasteiger charge is 2.01. The van der Waals surface area contributed by atoms with Gasteiger partial charge in [0.15, 0.2) is 18.3 Å². The SMILES string of the molecule is CCCCCCCCOCOc1ccccc1OC. The Labute approximate surface area is 116 Å². The Morgan fingerprint density at radius 3 is 2.32 bits per heavy atom. The van der Waals surface area contributed by atoms with Gasteiger partial charge in [0.25, 0.3) is 0 Å². The third kappa shape index (κ3) is 7.06. The van der Waals surface area contributed by atoms with Gasteiger partial charge in [-0.15, -0.1) is 0 Å². The molecular weight excluding hydrogens is 240 g/mol. The van der Waals surface area contributed by atoms with Crippen LogP contribution in [0.5, 0.6) is 11.5 Å². The van der Waals surface area contributed by atoms with Gasteiger partial charge in [0.1, 0.15) is 0 Å². The Morgan fingerprint density at radius 1 is 0.895 bits per heavy atom. The fourth-order valence-corrected chi connectivity index (χ4v) is 1.89. The van der Waals surface area contributed by atoms with Crippen molar-refractivity contribution in [2.75, 3.05) is 20.5 Å². The number of benzene rings is 1. The Morgan fingerprint density at radius 2 is 1.58 bits per heavy atom. The molecule has 3 nitrogen and oxygen atoms in total. The maximum atomic E-state index is 5.53. The van der Waals surface area contributed by atoms with Gasteiger partial charge in [-0.25, -0.2) is 0 Å². The highest BCUT2D eigenvalue weighted by Crippen LogP contribution is 2.25. The van der Waals surface area contributed by atoms with E-state index in [0.717, 1.165) is 24.5 Å². The van der Waals surface area contributed by atoms with Crippen molar-refractivity contribution in [1.29, 1.82) is 0 Å². The van der Waals surface area contributed by atoms with Crippen LogP contribution >= 0.6 is 0 Å². The van der Waals surface area contributed by atoms with E-state index < -0.39 is 0 Å². The van der Waals surface area contributed by atoms with E-state index in [1.165, 1.54) is 32.1 Å². The second-order valence-corrected chi connectivity index (χ2v) is 4.59. The number of unbranched alkanes of at least 4 members (excludes halogenated alkanes) is 5. The molecule has 0 atom stereocenters. The van der Waals surface area contributed by atoms with Crippen LogP contribution in [0.3, 0.4) is 0 Å². The van der Waals surface area contributed by atoms with E-state index in [1.54, 1.807) is 7.11 Å². The molecule has 0 amide bonds. The zero-order chi connectivity index (χ0) is 13.8. The first-order valence-corrected chi connectivity index (χ1v) is 7.22. The van der Waals surface area contributed by atoms with Gasteiger partial charge < -0.3 is 14.2 Å². The molecule has 0 heterocycles. The Balaban J connectivity index is 2.01. The average molecular weight is 266 g/mol. The van der Waals surface area contributed by atoms with Crippen LogP contribution in [-0.4, -0.2) is 20.5 Å². The lowest BCUT2D eigenvalue weighted by molar-refractivity contribution is 0.0121. The predicted molar refractivity (Wildman–Crippen MR) is 77.8 cm³/mol. The highest BCUT2D eigenvalue weighted by atomic mass is 16.7. The van der Waals surface area contributed by atoms with E-state index in [4.69, 9.17) is 14.2 Å². The molecule has 0 bridgehead atoms. The molecule has 19 heavy (non-hydrogen) atoms. The maximum Gasteiger partial charge on any atom is 0.189 e. The molecular formula is C16H26O3. The van der Waals surface area contributed by atoms with Crippen LogP contribution in [0.1, 0.15) is 45.4 Å². The van der Waals surface area contributed by atoms with Crippen LogP contribution in [0.25, 0.3) is 0 Å². The lowest BCUT2D eigenvalue weighted by Crippen LogP contribution is -2.05. The standard InChI is InChI=1S/C16H26O3/c1-3-4-5-6-7-10-13-18-14-19-16-12-9-8-11-15(16)17-2/h8-9,11-12H,3-7,10,13-14H2,1-2H3. The van der Waals surface area contributed by atoms with Gasteiger partial charge in [-0.2, -0.15) is 0 Å².